The van der Waals surface area contributed by atoms with Crippen LogP contribution in [0.4, 0.5) is 5.95 Å². The minimum Gasteiger partial charge on any atom is -0.422 e. The predicted molar refractivity (Wildman–Crippen MR) is 74.1 cm³/mol. The number of carbonyl (C=O) groups excluding carboxylic acids is 2. The van der Waals surface area contributed by atoms with Gasteiger partial charge in [0.05, 0.1) is 12.5 Å². The smallest absolute Gasteiger partial charge is 0.323 e. The zero-order chi connectivity index (χ0) is 15.9. The Hall–Kier alpha value is -2.71. The Labute approximate surface area is 125 Å². The number of imidazole rings is 1. The van der Waals surface area contributed by atoms with Crippen molar-refractivity contribution in [1.82, 2.24) is 19.5 Å². The summed E-state index contributed by atoms with van der Waals surface area (Å²) in [6.07, 6.45) is 3.34. The molecule has 3 rings (SSSR count). The fourth-order valence-corrected chi connectivity index (χ4v) is 2.29. The van der Waals surface area contributed by atoms with E-state index in [1.165, 1.54) is 13.8 Å². The second kappa shape index (κ2) is 4.93. The Balaban J connectivity index is 1.74. The van der Waals surface area contributed by atoms with Gasteiger partial charge in [0.2, 0.25) is 5.95 Å². The van der Waals surface area contributed by atoms with Gasteiger partial charge in [-0.15, -0.1) is 0 Å². The molecule has 116 valence electrons. The summed E-state index contributed by atoms with van der Waals surface area (Å²) in [5, 5.41) is 0. The van der Waals surface area contributed by atoms with E-state index in [0.29, 0.717) is 17.7 Å². The molecule has 0 amide bonds. The number of hydrogen-bond donors (Lipinski definition) is 1. The van der Waals surface area contributed by atoms with Crippen LogP contribution in [0.1, 0.15) is 20.3 Å². The second-order valence-corrected chi connectivity index (χ2v) is 5.46. The molecule has 0 unspecified atom stereocenters. The van der Waals surface area contributed by atoms with Crippen LogP contribution in [0.5, 0.6) is 0 Å². The summed E-state index contributed by atoms with van der Waals surface area (Å²) in [4.78, 5) is 35.8. The zero-order valence-electron chi connectivity index (χ0n) is 12.1. The molecule has 0 spiro atoms. The quantitative estimate of drug-likeness (QED) is 0.632. The first-order valence-corrected chi connectivity index (χ1v) is 6.75. The van der Waals surface area contributed by atoms with E-state index in [2.05, 4.69) is 15.0 Å². The molecule has 1 aliphatic rings. The van der Waals surface area contributed by atoms with Gasteiger partial charge >= 0.3 is 11.9 Å². The number of fused-ring (bicyclic) bond motifs is 1. The summed E-state index contributed by atoms with van der Waals surface area (Å²) >= 11 is 0. The van der Waals surface area contributed by atoms with Gasteiger partial charge < -0.3 is 19.8 Å². The molecule has 2 N–H and O–H groups in total. The van der Waals surface area contributed by atoms with Crippen LogP contribution in [0, 0.1) is 5.92 Å². The number of rotatable bonds is 3. The van der Waals surface area contributed by atoms with Crippen LogP contribution in [0.3, 0.4) is 0 Å². The fraction of sp³-hybridized carbons (Fsp3) is 0.462. The van der Waals surface area contributed by atoms with Crippen molar-refractivity contribution in [2.75, 3.05) is 5.73 Å². The number of carbonyl (C=O) groups is 2. The van der Waals surface area contributed by atoms with Crippen molar-refractivity contribution in [3.05, 3.63) is 12.5 Å². The number of nitrogen functional groups attached to an aromatic ring is 1. The van der Waals surface area contributed by atoms with Gasteiger partial charge in [0.1, 0.15) is 5.52 Å². The molecule has 1 saturated heterocycles. The van der Waals surface area contributed by atoms with E-state index in [1.54, 1.807) is 17.1 Å². The Bertz CT molecular complexity index is 734. The number of aromatic nitrogens is 4. The maximum absolute atomic E-state index is 11.9. The monoisotopic (exact) mass is 305 g/mol. The van der Waals surface area contributed by atoms with Crippen LogP contribution >= 0.6 is 0 Å². The minimum absolute atomic E-state index is 0.138. The average molecular weight is 305 g/mol. The highest BCUT2D eigenvalue weighted by molar-refractivity contribution is 5.96. The average Bonchev–Trinajstić information content (AvgIpc) is 2.78. The molecule has 0 atom stereocenters. The molecule has 0 saturated carbocycles. The lowest BCUT2D eigenvalue weighted by Gasteiger charge is -2.32. The Morgan fingerprint density at radius 3 is 2.64 bits per heavy atom. The molecular weight excluding hydrogens is 290 g/mol. The molecule has 9 heteroatoms. The van der Waals surface area contributed by atoms with E-state index in [-0.39, 0.29) is 12.4 Å². The van der Waals surface area contributed by atoms with Crippen molar-refractivity contribution < 1.29 is 19.1 Å². The van der Waals surface area contributed by atoms with Gasteiger partial charge in [-0.05, 0) is 6.42 Å². The van der Waals surface area contributed by atoms with Gasteiger partial charge in [-0.1, -0.05) is 0 Å². The summed E-state index contributed by atoms with van der Waals surface area (Å²) < 4.78 is 11.9. The molecule has 1 fully saturated rings. The maximum atomic E-state index is 11.9. The molecule has 2 aromatic rings. The number of ether oxygens (including phenoxy) is 2. The lowest BCUT2D eigenvalue weighted by atomic mass is 10.0. The second-order valence-electron chi connectivity index (χ2n) is 5.46. The topological polar surface area (TPSA) is 122 Å². The van der Waals surface area contributed by atoms with Crippen molar-refractivity contribution in [1.29, 1.82) is 0 Å². The van der Waals surface area contributed by atoms with Gasteiger partial charge in [0, 0.05) is 20.4 Å². The highest BCUT2D eigenvalue weighted by atomic mass is 16.7. The molecular formula is C13H15N5O4. The maximum Gasteiger partial charge on any atom is 0.323 e. The van der Waals surface area contributed by atoms with E-state index < -0.39 is 23.6 Å². The van der Waals surface area contributed by atoms with E-state index in [0.717, 1.165) is 0 Å². The van der Waals surface area contributed by atoms with Gasteiger partial charge in [-0.3, -0.25) is 9.59 Å². The first-order valence-electron chi connectivity index (χ1n) is 6.75. The van der Waals surface area contributed by atoms with Gasteiger partial charge in [0.15, 0.2) is 11.6 Å². The first kappa shape index (κ1) is 14.2. The van der Waals surface area contributed by atoms with Crippen molar-refractivity contribution in [2.24, 2.45) is 5.92 Å². The van der Waals surface area contributed by atoms with Crippen molar-refractivity contribution in [3.63, 3.8) is 0 Å². The van der Waals surface area contributed by atoms with E-state index in [4.69, 9.17) is 15.2 Å². The normalized spacial score (nSPS) is 18.3. The van der Waals surface area contributed by atoms with Gasteiger partial charge in [-0.25, -0.2) is 9.97 Å². The number of nitrogens with two attached hydrogens (primary N) is 1. The van der Waals surface area contributed by atoms with E-state index in [9.17, 15) is 9.59 Å². The summed E-state index contributed by atoms with van der Waals surface area (Å²) in [6.45, 7) is 3.41. The first-order chi connectivity index (χ1) is 10.4. The zero-order valence-corrected chi connectivity index (χ0v) is 12.1. The number of aryl methyl sites for hydroxylation is 1. The standard InChI is InChI=1S/C13H15N5O4/c1-13(2)21-10(19)7(11(20)22-13)3-4-18-6-16-9-8(18)5-15-12(14)17-9/h5-7H,3-4H2,1-2H3,(H2,14,15,17). The van der Waals surface area contributed by atoms with Crippen molar-refractivity contribution >= 4 is 29.1 Å². The third kappa shape index (κ3) is 2.57. The van der Waals surface area contributed by atoms with Crippen LogP contribution in [-0.4, -0.2) is 37.2 Å². The molecule has 2 aromatic heterocycles. The van der Waals surface area contributed by atoms with Gasteiger partial charge in [0.25, 0.3) is 5.79 Å². The predicted octanol–water partition coefficient (Wildman–Crippen LogP) is 0.251. The molecule has 3 heterocycles. The fourth-order valence-electron chi connectivity index (χ4n) is 2.29. The molecule has 0 radical (unpaired) electrons. The number of cyclic esters (lactones) is 2. The molecule has 0 aliphatic carbocycles. The van der Waals surface area contributed by atoms with Crippen molar-refractivity contribution in [3.8, 4) is 0 Å². The SMILES string of the molecule is CC1(C)OC(=O)C(CCn2cnc3nc(N)ncc32)C(=O)O1. The minimum atomic E-state index is -1.21. The Kier molecular flexibility index (Phi) is 3.19. The van der Waals surface area contributed by atoms with Crippen LogP contribution in [0.25, 0.3) is 11.2 Å². The third-order valence-corrected chi connectivity index (χ3v) is 3.32. The molecule has 22 heavy (non-hydrogen) atoms. The molecule has 0 aromatic carbocycles. The number of esters is 2. The van der Waals surface area contributed by atoms with E-state index >= 15 is 0 Å². The third-order valence-electron chi connectivity index (χ3n) is 3.32. The van der Waals surface area contributed by atoms with Crippen LogP contribution < -0.4 is 5.73 Å². The van der Waals surface area contributed by atoms with Crippen LogP contribution in [0.2, 0.25) is 0 Å². The molecule has 0 bridgehead atoms. The van der Waals surface area contributed by atoms with Gasteiger partial charge in [-0.2, -0.15) is 4.98 Å². The summed E-state index contributed by atoms with van der Waals surface area (Å²) in [5.41, 5.74) is 6.63. The summed E-state index contributed by atoms with van der Waals surface area (Å²) in [6, 6.07) is 0. The molecule has 1 aliphatic heterocycles. The lowest BCUT2D eigenvalue weighted by Crippen LogP contribution is -2.46. The highest BCUT2D eigenvalue weighted by Crippen LogP contribution is 2.25. The Morgan fingerprint density at radius 1 is 1.27 bits per heavy atom. The van der Waals surface area contributed by atoms with Crippen molar-refractivity contribution in [2.45, 2.75) is 32.6 Å². The molecule has 9 nitrogen and oxygen atoms in total. The van der Waals surface area contributed by atoms with Crippen LogP contribution in [-0.2, 0) is 25.6 Å². The van der Waals surface area contributed by atoms with E-state index in [1.807, 2.05) is 0 Å². The largest absolute Gasteiger partial charge is 0.422 e. The number of nitrogens with zero attached hydrogens (tertiary/aromatic N) is 4. The summed E-state index contributed by atoms with van der Waals surface area (Å²) in [7, 11) is 0. The lowest BCUT2D eigenvalue weighted by molar-refractivity contribution is -0.240. The summed E-state index contributed by atoms with van der Waals surface area (Å²) in [5.74, 6) is -3.17. The Morgan fingerprint density at radius 2 is 1.95 bits per heavy atom. The highest BCUT2D eigenvalue weighted by Gasteiger charge is 2.42. The number of hydrogen-bond acceptors (Lipinski definition) is 8. The van der Waals surface area contributed by atoms with Crippen LogP contribution in [0.15, 0.2) is 12.5 Å². The number of anilines is 1.